The molecule has 0 amide bonds. The Morgan fingerprint density at radius 1 is 1.19 bits per heavy atom. The first-order valence-electron chi connectivity index (χ1n) is 10.0. The minimum atomic E-state index is -3.46. The molecule has 3 fully saturated rings. The van der Waals surface area contributed by atoms with Crippen LogP contribution < -0.4 is 5.32 Å². The number of ether oxygens (including phenoxy) is 1. The average molecular weight is 395 g/mol. The Morgan fingerprint density at radius 2 is 1.93 bits per heavy atom. The van der Waals surface area contributed by atoms with E-state index in [1.807, 2.05) is 7.05 Å². The van der Waals surface area contributed by atoms with Crippen molar-refractivity contribution in [1.29, 1.82) is 0 Å². The second-order valence-corrected chi connectivity index (χ2v) is 10.1. The van der Waals surface area contributed by atoms with Gasteiger partial charge >= 0.3 is 0 Å². The van der Waals surface area contributed by atoms with Crippen molar-refractivity contribution in [1.82, 2.24) is 14.2 Å². The van der Waals surface area contributed by atoms with E-state index in [-0.39, 0.29) is 10.5 Å². The third kappa shape index (κ3) is 4.13. The molecule has 1 unspecified atom stereocenters. The van der Waals surface area contributed by atoms with E-state index in [1.165, 1.54) is 19.0 Å². The average Bonchev–Trinajstić information content (AvgIpc) is 3.10. The summed E-state index contributed by atoms with van der Waals surface area (Å²) in [4.78, 5) is 6.81. The highest BCUT2D eigenvalue weighted by Gasteiger charge is 2.40. The van der Waals surface area contributed by atoms with Gasteiger partial charge in [-0.1, -0.05) is 12.8 Å². The smallest absolute Gasteiger partial charge is 0.244 e. The maximum atomic E-state index is 12.8. The highest BCUT2D eigenvalue weighted by molar-refractivity contribution is 7.89. The molecule has 0 bridgehead atoms. The number of aromatic nitrogens is 1. The third-order valence-corrected chi connectivity index (χ3v) is 8.08. The molecule has 2 aliphatic heterocycles. The molecule has 0 radical (unpaired) electrons. The van der Waals surface area contributed by atoms with Crippen LogP contribution in [-0.2, 0) is 14.8 Å². The standard InChI is InChI=1S/C19H30N4O3S/c1-22-9-11-23(12-10-22)27(24,25)17-4-5-18(20-15-17)21-16-6-13-26-19(14-16)7-2-3-8-19/h4-5,15-16H,2-3,6-14H2,1H3,(H,20,21). The Morgan fingerprint density at radius 3 is 2.59 bits per heavy atom. The molecule has 7 nitrogen and oxygen atoms in total. The summed E-state index contributed by atoms with van der Waals surface area (Å²) in [6.45, 7) is 3.37. The molecule has 150 valence electrons. The normalized spacial score (nSPS) is 27.1. The molecule has 3 heterocycles. The van der Waals surface area contributed by atoms with E-state index in [0.717, 1.165) is 51.2 Å². The molecular weight excluding hydrogens is 364 g/mol. The highest BCUT2D eigenvalue weighted by atomic mass is 32.2. The second-order valence-electron chi connectivity index (χ2n) is 8.16. The van der Waals surface area contributed by atoms with E-state index in [2.05, 4.69) is 15.2 Å². The van der Waals surface area contributed by atoms with Crippen LogP contribution >= 0.6 is 0 Å². The van der Waals surface area contributed by atoms with E-state index < -0.39 is 10.0 Å². The Hall–Kier alpha value is -1.22. The molecule has 1 aromatic heterocycles. The van der Waals surface area contributed by atoms with E-state index in [1.54, 1.807) is 16.4 Å². The Kier molecular flexibility index (Phi) is 5.42. The summed E-state index contributed by atoms with van der Waals surface area (Å²) in [5.41, 5.74) is 0.0562. The highest BCUT2D eigenvalue weighted by Crippen LogP contribution is 2.40. The maximum Gasteiger partial charge on any atom is 0.244 e. The van der Waals surface area contributed by atoms with E-state index in [9.17, 15) is 8.42 Å². The maximum absolute atomic E-state index is 12.8. The van der Waals surface area contributed by atoms with Gasteiger partial charge in [0.15, 0.2) is 0 Å². The summed E-state index contributed by atoms with van der Waals surface area (Å²) < 4.78 is 33.2. The molecule has 1 atom stereocenters. The van der Waals surface area contributed by atoms with Gasteiger partial charge in [-0.05, 0) is 44.9 Å². The zero-order chi connectivity index (χ0) is 18.9. The van der Waals surface area contributed by atoms with Crippen LogP contribution in [0.1, 0.15) is 38.5 Å². The van der Waals surface area contributed by atoms with Crippen molar-refractivity contribution in [2.24, 2.45) is 0 Å². The van der Waals surface area contributed by atoms with Gasteiger partial charge in [0, 0.05) is 45.0 Å². The van der Waals surface area contributed by atoms with Gasteiger partial charge in [0.2, 0.25) is 10.0 Å². The Balaban J connectivity index is 1.40. The largest absolute Gasteiger partial charge is 0.375 e. The summed E-state index contributed by atoms with van der Waals surface area (Å²) in [6.07, 6.45) is 8.27. The van der Waals surface area contributed by atoms with Crippen LogP contribution in [-0.4, -0.2) is 74.1 Å². The molecule has 27 heavy (non-hydrogen) atoms. The van der Waals surface area contributed by atoms with Crippen LogP contribution in [0.4, 0.5) is 5.82 Å². The summed E-state index contributed by atoms with van der Waals surface area (Å²) in [7, 11) is -1.45. The first-order valence-corrected chi connectivity index (χ1v) is 11.5. The van der Waals surface area contributed by atoms with Crippen LogP contribution in [0.3, 0.4) is 0 Å². The number of nitrogens with one attached hydrogen (secondary N) is 1. The fourth-order valence-corrected chi connectivity index (χ4v) is 5.89. The topological polar surface area (TPSA) is 74.8 Å². The SMILES string of the molecule is CN1CCN(S(=O)(=O)c2ccc(NC3CCOC4(CCCC4)C3)nc2)CC1. The molecule has 2 saturated heterocycles. The summed E-state index contributed by atoms with van der Waals surface area (Å²) in [5, 5.41) is 3.49. The zero-order valence-corrected chi connectivity index (χ0v) is 16.9. The molecule has 1 N–H and O–H groups in total. The van der Waals surface area contributed by atoms with E-state index >= 15 is 0 Å². The number of rotatable bonds is 4. The van der Waals surface area contributed by atoms with Gasteiger partial charge in [-0.25, -0.2) is 13.4 Å². The predicted octanol–water partition coefficient (Wildman–Crippen LogP) is 1.92. The van der Waals surface area contributed by atoms with Crippen molar-refractivity contribution in [2.75, 3.05) is 45.2 Å². The van der Waals surface area contributed by atoms with Gasteiger partial charge in [0.1, 0.15) is 10.7 Å². The number of sulfonamides is 1. The molecule has 1 aliphatic carbocycles. The van der Waals surface area contributed by atoms with E-state index in [0.29, 0.717) is 19.1 Å². The lowest BCUT2D eigenvalue weighted by Crippen LogP contribution is -2.47. The van der Waals surface area contributed by atoms with Gasteiger partial charge in [-0.2, -0.15) is 4.31 Å². The number of piperazine rings is 1. The molecule has 1 saturated carbocycles. The first-order chi connectivity index (χ1) is 13.0. The Labute approximate surface area is 162 Å². The van der Waals surface area contributed by atoms with Crippen molar-refractivity contribution < 1.29 is 13.2 Å². The number of hydrogen-bond donors (Lipinski definition) is 1. The molecule has 4 rings (SSSR count). The zero-order valence-electron chi connectivity index (χ0n) is 16.1. The lowest BCUT2D eigenvalue weighted by molar-refractivity contribution is -0.0767. The van der Waals surface area contributed by atoms with E-state index in [4.69, 9.17) is 4.74 Å². The second kappa shape index (κ2) is 7.66. The van der Waals surface area contributed by atoms with Crippen LogP contribution in [0.5, 0.6) is 0 Å². The van der Waals surface area contributed by atoms with Crippen LogP contribution in [0.15, 0.2) is 23.2 Å². The number of likely N-dealkylation sites (N-methyl/N-ethyl adjacent to an activating group) is 1. The lowest BCUT2D eigenvalue weighted by Gasteiger charge is -2.38. The molecule has 0 aromatic carbocycles. The van der Waals surface area contributed by atoms with Crippen LogP contribution in [0.2, 0.25) is 0 Å². The summed E-state index contributed by atoms with van der Waals surface area (Å²) in [5.74, 6) is 0.743. The fraction of sp³-hybridized carbons (Fsp3) is 0.737. The minimum absolute atomic E-state index is 0.0562. The number of anilines is 1. The first kappa shape index (κ1) is 19.1. The van der Waals surface area contributed by atoms with Gasteiger partial charge in [-0.3, -0.25) is 0 Å². The summed E-state index contributed by atoms with van der Waals surface area (Å²) in [6, 6.07) is 3.80. The van der Waals surface area contributed by atoms with Crippen molar-refractivity contribution in [3.63, 3.8) is 0 Å². The van der Waals surface area contributed by atoms with Crippen LogP contribution in [0.25, 0.3) is 0 Å². The van der Waals surface area contributed by atoms with Crippen LogP contribution in [0, 0.1) is 0 Å². The van der Waals surface area contributed by atoms with Crippen molar-refractivity contribution in [3.8, 4) is 0 Å². The molecule has 8 heteroatoms. The van der Waals surface area contributed by atoms with Gasteiger partial charge in [0.25, 0.3) is 0 Å². The molecule has 1 aromatic rings. The fourth-order valence-electron chi connectivity index (χ4n) is 4.52. The van der Waals surface area contributed by atoms with Gasteiger partial charge in [0.05, 0.1) is 5.60 Å². The molecule has 3 aliphatic rings. The minimum Gasteiger partial charge on any atom is -0.375 e. The Bertz CT molecular complexity index is 739. The third-order valence-electron chi connectivity index (χ3n) is 6.20. The molecular formula is C19H30N4O3S. The quantitative estimate of drug-likeness (QED) is 0.841. The van der Waals surface area contributed by atoms with Gasteiger partial charge in [-0.15, -0.1) is 0 Å². The number of pyridine rings is 1. The lowest BCUT2D eigenvalue weighted by atomic mass is 9.89. The molecule has 1 spiro atoms. The van der Waals surface area contributed by atoms with Crippen molar-refractivity contribution in [3.05, 3.63) is 18.3 Å². The predicted molar refractivity (Wildman–Crippen MR) is 104 cm³/mol. The van der Waals surface area contributed by atoms with Crippen molar-refractivity contribution >= 4 is 15.8 Å². The number of hydrogen-bond acceptors (Lipinski definition) is 6. The number of nitrogens with zero attached hydrogens (tertiary/aromatic N) is 3. The van der Waals surface area contributed by atoms with Crippen molar-refractivity contribution in [2.45, 2.75) is 55.1 Å². The van der Waals surface area contributed by atoms with Gasteiger partial charge < -0.3 is 15.0 Å². The summed E-state index contributed by atoms with van der Waals surface area (Å²) >= 11 is 0. The monoisotopic (exact) mass is 394 g/mol.